The van der Waals surface area contributed by atoms with Crippen molar-refractivity contribution < 1.29 is 13.2 Å². The molecule has 23 heavy (non-hydrogen) atoms. The molecule has 1 N–H and O–H groups in total. The topological polar surface area (TPSA) is 66.5 Å². The smallest absolute Gasteiger partial charge is 0.261 e. The van der Waals surface area contributed by atoms with E-state index in [1.807, 2.05) is 0 Å². The zero-order chi connectivity index (χ0) is 16.6. The molecule has 0 unspecified atom stereocenters. The van der Waals surface area contributed by atoms with Gasteiger partial charge in [0.2, 0.25) is 5.91 Å². The number of rotatable bonds is 3. The van der Waals surface area contributed by atoms with Gasteiger partial charge in [0.05, 0.1) is 4.90 Å². The Kier molecular flexibility index (Phi) is 4.04. The number of fused-ring (bicyclic) bond motifs is 1. The van der Waals surface area contributed by atoms with Gasteiger partial charge in [-0.25, -0.2) is 8.42 Å². The minimum atomic E-state index is -3.67. The fraction of sp³-hybridized carbons (Fsp3) is 0.188. The number of hydrogen-bond acceptors (Lipinski definition) is 3. The summed E-state index contributed by atoms with van der Waals surface area (Å²) in [6.07, 6.45) is 1.03. The molecule has 1 aliphatic rings. The third-order valence-electron chi connectivity index (χ3n) is 3.80. The lowest BCUT2D eigenvalue weighted by molar-refractivity contribution is -0.118. The molecule has 0 saturated carbocycles. The Labute approximate surface area is 139 Å². The van der Waals surface area contributed by atoms with Crippen molar-refractivity contribution in [3.8, 4) is 0 Å². The summed E-state index contributed by atoms with van der Waals surface area (Å²) in [7, 11) is -1.95. The monoisotopic (exact) mass is 350 g/mol. The highest BCUT2D eigenvalue weighted by Gasteiger charge is 2.22. The fourth-order valence-electron chi connectivity index (χ4n) is 2.55. The van der Waals surface area contributed by atoms with Crippen LogP contribution >= 0.6 is 11.6 Å². The number of benzene rings is 2. The zero-order valence-electron chi connectivity index (χ0n) is 12.4. The molecule has 1 heterocycles. The molecule has 0 fully saturated rings. The number of nitrogens with zero attached hydrogens (tertiary/aromatic N) is 1. The molecule has 0 aromatic heterocycles. The van der Waals surface area contributed by atoms with E-state index in [1.54, 1.807) is 30.1 Å². The van der Waals surface area contributed by atoms with E-state index in [4.69, 9.17) is 11.6 Å². The second-order valence-corrected chi connectivity index (χ2v) is 7.47. The zero-order valence-corrected chi connectivity index (χ0v) is 14.0. The standard InChI is InChI=1S/C16H15ClN2O3S/c1-19-15-8-5-13(10-11(15)2-9-16(19)20)18-23(21,22)14-6-3-12(17)4-7-14/h3-8,10,18H,2,9H2,1H3. The van der Waals surface area contributed by atoms with Gasteiger partial charge in [0.1, 0.15) is 0 Å². The van der Waals surface area contributed by atoms with Gasteiger partial charge in [0.25, 0.3) is 10.0 Å². The second kappa shape index (κ2) is 5.86. The first-order valence-electron chi connectivity index (χ1n) is 7.05. The highest BCUT2D eigenvalue weighted by molar-refractivity contribution is 7.92. The molecule has 1 amide bonds. The van der Waals surface area contributed by atoms with E-state index < -0.39 is 10.0 Å². The number of hydrogen-bond donors (Lipinski definition) is 1. The van der Waals surface area contributed by atoms with Crippen LogP contribution in [0.1, 0.15) is 12.0 Å². The first-order valence-corrected chi connectivity index (χ1v) is 8.91. The van der Waals surface area contributed by atoms with Crippen molar-refractivity contribution in [3.05, 3.63) is 53.1 Å². The Morgan fingerprint density at radius 2 is 1.78 bits per heavy atom. The maximum atomic E-state index is 12.4. The lowest BCUT2D eigenvalue weighted by atomic mass is 10.0. The van der Waals surface area contributed by atoms with Gasteiger partial charge in [-0.2, -0.15) is 0 Å². The molecule has 0 bridgehead atoms. The third-order valence-corrected chi connectivity index (χ3v) is 5.45. The normalized spacial score (nSPS) is 14.5. The van der Waals surface area contributed by atoms with E-state index in [-0.39, 0.29) is 10.8 Å². The van der Waals surface area contributed by atoms with Crippen molar-refractivity contribution in [2.24, 2.45) is 0 Å². The summed E-state index contributed by atoms with van der Waals surface area (Å²) in [4.78, 5) is 13.4. The van der Waals surface area contributed by atoms with Gasteiger partial charge in [-0.3, -0.25) is 9.52 Å². The molecule has 2 aromatic carbocycles. The van der Waals surface area contributed by atoms with E-state index in [0.717, 1.165) is 11.3 Å². The van der Waals surface area contributed by atoms with Gasteiger partial charge in [-0.1, -0.05) is 11.6 Å². The van der Waals surface area contributed by atoms with Gasteiger partial charge in [-0.05, 0) is 54.4 Å². The molecule has 2 aromatic rings. The van der Waals surface area contributed by atoms with Crippen LogP contribution in [0.25, 0.3) is 0 Å². The van der Waals surface area contributed by atoms with Crippen LogP contribution in [0.4, 0.5) is 11.4 Å². The molecule has 0 aliphatic carbocycles. The average Bonchev–Trinajstić information content (AvgIpc) is 2.51. The van der Waals surface area contributed by atoms with Crippen LogP contribution < -0.4 is 9.62 Å². The van der Waals surface area contributed by atoms with Gasteiger partial charge in [0.15, 0.2) is 0 Å². The maximum absolute atomic E-state index is 12.4. The van der Waals surface area contributed by atoms with E-state index in [0.29, 0.717) is 23.6 Å². The third kappa shape index (κ3) is 3.18. The van der Waals surface area contributed by atoms with Crippen molar-refractivity contribution in [2.45, 2.75) is 17.7 Å². The molecule has 1 aliphatic heterocycles. The summed E-state index contributed by atoms with van der Waals surface area (Å²) in [5.74, 6) is 0.0620. The number of carbonyl (C=O) groups excluding carboxylic acids is 1. The van der Waals surface area contributed by atoms with Crippen LogP contribution in [0.3, 0.4) is 0 Å². The Balaban J connectivity index is 1.89. The number of carbonyl (C=O) groups is 1. The average molecular weight is 351 g/mol. The van der Waals surface area contributed by atoms with Crippen LogP contribution in [0, 0.1) is 0 Å². The molecular weight excluding hydrogens is 336 g/mol. The minimum Gasteiger partial charge on any atom is -0.315 e. The summed E-state index contributed by atoms with van der Waals surface area (Å²) >= 11 is 5.78. The minimum absolute atomic E-state index is 0.0620. The summed E-state index contributed by atoms with van der Waals surface area (Å²) in [6.45, 7) is 0. The number of anilines is 2. The molecular formula is C16H15ClN2O3S. The van der Waals surface area contributed by atoms with Crippen molar-refractivity contribution in [2.75, 3.05) is 16.7 Å². The van der Waals surface area contributed by atoms with Crippen molar-refractivity contribution in [1.29, 1.82) is 0 Å². The molecule has 0 spiro atoms. The maximum Gasteiger partial charge on any atom is 0.261 e. The molecule has 0 atom stereocenters. The van der Waals surface area contributed by atoms with Gasteiger partial charge in [0, 0.05) is 29.9 Å². The quantitative estimate of drug-likeness (QED) is 0.925. The molecule has 0 radical (unpaired) electrons. The first-order chi connectivity index (χ1) is 10.9. The van der Waals surface area contributed by atoms with Crippen molar-refractivity contribution in [1.82, 2.24) is 0 Å². The van der Waals surface area contributed by atoms with Crippen LogP contribution in [0.2, 0.25) is 5.02 Å². The van der Waals surface area contributed by atoms with E-state index in [9.17, 15) is 13.2 Å². The Hall–Kier alpha value is -2.05. The first kappa shape index (κ1) is 15.8. The molecule has 0 saturated heterocycles. The highest BCUT2D eigenvalue weighted by Crippen LogP contribution is 2.30. The van der Waals surface area contributed by atoms with Crippen molar-refractivity contribution >= 4 is 38.9 Å². The Morgan fingerprint density at radius 3 is 2.48 bits per heavy atom. The molecule has 5 nitrogen and oxygen atoms in total. The fourth-order valence-corrected chi connectivity index (χ4v) is 3.72. The van der Waals surface area contributed by atoms with Gasteiger partial charge < -0.3 is 4.90 Å². The van der Waals surface area contributed by atoms with E-state index in [1.165, 1.54) is 24.3 Å². The number of halogens is 1. The van der Waals surface area contributed by atoms with Crippen LogP contribution in [-0.2, 0) is 21.2 Å². The largest absolute Gasteiger partial charge is 0.315 e. The number of sulfonamides is 1. The molecule has 120 valence electrons. The summed E-state index contributed by atoms with van der Waals surface area (Å²) in [5, 5.41) is 0.477. The van der Waals surface area contributed by atoms with Crippen molar-refractivity contribution in [3.63, 3.8) is 0 Å². The lowest BCUT2D eigenvalue weighted by Crippen LogP contribution is -2.31. The lowest BCUT2D eigenvalue weighted by Gasteiger charge is -2.26. The predicted molar refractivity (Wildman–Crippen MR) is 90.4 cm³/mol. The number of nitrogens with one attached hydrogen (secondary N) is 1. The predicted octanol–water partition coefficient (Wildman–Crippen LogP) is 3.05. The highest BCUT2D eigenvalue weighted by atomic mass is 35.5. The van der Waals surface area contributed by atoms with Gasteiger partial charge >= 0.3 is 0 Å². The number of amides is 1. The van der Waals surface area contributed by atoms with E-state index in [2.05, 4.69) is 4.72 Å². The Bertz CT molecular complexity index is 863. The molecule has 3 rings (SSSR count). The van der Waals surface area contributed by atoms with Crippen LogP contribution in [-0.4, -0.2) is 21.4 Å². The second-order valence-electron chi connectivity index (χ2n) is 5.36. The summed E-state index contributed by atoms with van der Waals surface area (Å²) < 4.78 is 27.3. The summed E-state index contributed by atoms with van der Waals surface area (Å²) in [6, 6.07) is 11.2. The Morgan fingerprint density at radius 1 is 1.09 bits per heavy atom. The van der Waals surface area contributed by atoms with Crippen LogP contribution in [0.5, 0.6) is 0 Å². The van der Waals surface area contributed by atoms with Gasteiger partial charge in [-0.15, -0.1) is 0 Å². The SMILES string of the molecule is CN1C(=O)CCc2cc(NS(=O)(=O)c3ccc(Cl)cc3)ccc21. The summed E-state index contributed by atoms with van der Waals surface area (Å²) in [5.41, 5.74) is 2.24. The number of aryl methyl sites for hydroxylation is 1. The molecule has 7 heteroatoms. The van der Waals surface area contributed by atoms with E-state index >= 15 is 0 Å². The van der Waals surface area contributed by atoms with Crippen LogP contribution in [0.15, 0.2) is 47.4 Å².